The number of aliphatic hydroxyl groups is 1. The lowest BCUT2D eigenvalue weighted by atomic mass is 10.1. The van der Waals surface area contributed by atoms with Gasteiger partial charge in [-0.25, -0.2) is 0 Å². The number of unbranched alkanes of at least 4 members (excludes halogenated alkanes) is 12. The van der Waals surface area contributed by atoms with Crippen molar-refractivity contribution in [3.63, 3.8) is 0 Å². The van der Waals surface area contributed by atoms with Gasteiger partial charge in [0.1, 0.15) is 13.2 Å². The molecule has 0 bridgehead atoms. The molecule has 0 fully saturated rings. The molecule has 0 rings (SSSR count). The van der Waals surface area contributed by atoms with Crippen LogP contribution in [0.3, 0.4) is 0 Å². The number of phosphoric acid groups is 1. The molecule has 0 aromatic rings. The summed E-state index contributed by atoms with van der Waals surface area (Å²) in [6, 6.07) is -0.918. The van der Waals surface area contributed by atoms with Crippen molar-refractivity contribution >= 4 is 13.7 Å². The zero-order valence-corrected chi connectivity index (χ0v) is 32.8. The third-order valence-electron chi connectivity index (χ3n) is 7.96. The highest BCUT2D eigenvalue weighted by molar-refractivity contribution is 7.45. The molecule has 0 saturated heterocycles. The van der Waals surface area contributed by atoms with Gasteiger partial charge in [0.15, 0.2) is 0 Å². The Morgan fingerprint density at radius 3 is 1.90 bits per heavy atom. The molecule has 0 aliphatic rings. The minimum absolute atomic E-state index is 0.0150. The Morgan fingerprint density at radius 1 is 0.735 bits per heavy atom. The number of rotatable bonds is 33. The van der Waals surface area contributed by atoms with E-state index >= 15 is 0 Å². The van der Waals surface area contributed by atoms with Crippen LogP contribution < -0.4 is 10.2 Å². The van der Waals surface area contributed by atoms with E-state index in [0.717, 1.165) is 57.8 Å². The topological polar surface area (TPSA) is 108 Å². The maximum absolute atomic E-state index is 12.7. The summed E-state index contributed by atoms with van der Waals surface area (Å²) in [7, 11) is 1.21. The lowest BCUT2D eigenvalue weighted by Gasteiger charge is -2.29. The first kappa shape index (κ1) is 47.2. The first-order valence-corrected chi connectivity index (χ1v) is 20.6. The van der Waals surface area contributed by atoms with E-state index in [1.54, 1.807) is 6.08 Å². The second-order valence-corrected chi connectivity index (χ2v) is 15.3. The zero-order valence-electron chi connectivity index (χ0n) is 31.9. The Kier molecular flexibility index (Phi) is 31.0. The molecule has 0 aliphatic heterocycles. The van der Waals surface area contributed by atoms with Crippen LogP contribution in [0.2, 0.25) is 0 Å². The molecular formula is C40H73N2O6P. The van der Waals surface area contributed by atoms with Gasteiger partial charge in [-0.3, -0.25) is 9.36 Å². The van der Waals surface area contributed by atoms with Crippen LogP contribution in [-0.2, 0) is 18.4 Å². The fourth-order valence-corrected chi connectivity index (χ4v) is 5.61. The number of nitrogens with zero attached hydrogens (tertiary/aromatic N) is 1. The van der Waals surface area contributed by atoms with Crippen molar-refractivity contribution in [3.05, 3.63) is 60.8 Å². The lowest BCUT2D eigenvalue weighted by molar-refractivity contribution is -0.870. The third kappa shape index (κ3) is 34.4. The number of aliphatic hydroxyl groups excluding tert-OH is 1. The molecule has 0 radical (unpaired) electrons. The maximum atomic E-state index is 12.7. The first-order valence-electron chi connectivity index (χ1n) is 19.2. The number of carbonyl (C=O) groups is 1. The second kappa shape index (κ2) is 32.1. The molecule has 0 aliphatic carbocycles. The molecule has 284 valence electrons. The van der Waals surface area contributed by atoms with Crippen LogP contribution in [0.1, 0.15) is 136 Å². The van der Waals surface area contributed by atoms with Crippen molar-refractivity contribution in [2.45, 2.75) is 148 Å². The van der Waals surface area contributed by atoms with E-state index in [2.05, 4.69) is 67.8 Å². The number of nitrogens with one attached hydrogen (secondary N) is 1. The van der Waals surface area contributed by atoms with Crippen molar-refractivity contribution in [1.29, 1.82) is 0 Å². The molecule has 49 heavy (non-hydrogen) atoms. The van der Waals surface area contributed by atoms with Crippen LogP contribution in [0.15, 0.2) is 60.8 Å². The standard InChI is InChI=1S/C40H73N2O6P/c1-6-8-10-12-14-16-18-20-22-23-25-27-29-31-33-39(43)38(37-48-49(45,46)47-36-35-42(3,4)5)41-40(44)34-32-30-28-26-24-21-19-17-15-13-11-9-7-2/h9,11,15,17,21,23-25,31,33,38-39,43H,6-8,10,12-14,16,18-20,22,26-30,32,34-37H2,1-5H3,(H-,41,44,45,46)/b11-9-,17-15-,24-21-,25-23+,33-31+. The number of hydrogen-bond donors (Lipinski definition) is 2. The highest BCUT2D eigenvalue weighted by Crippen LogP contribution is 2.38. The van der Waals surface area contributed by atoms with E-state index in [1.807, 2.05) is 27.2 Å². The molecule has 3 atom stereocenters. The number of amides is 1. The molecular weight excluding hydrogens is 635 g/mol. The molecule has 0 spiro atoms. The number of hydrogen-bond acceptors (Lipinski definition) is 6. The van der Waals surface area contributed by atoms with Crippen LogP contribution in [0.4, 0.5) is 0 Å². The smallest absolute Gasteiger partial charge is 0.268 e. The summed E-state index contributed by atoms with van der Waals surface area (Å²) in [5.41, 5.74) is 0. The average Bonchev–Trinajstić information content (AvgIpc) is 3.04. The molecule has 0 saturated carbocycles. The minimum Gasteiger partial charge on any atom is -0.756 e. The van der Waals surface area contributed by atoms with Gasteiger partial charge >= 0.3 is 0 Å². The monoisotopic (exact) mass is 709 g/mol. The fourth-order valence-electron chi connectivity index (χ4n) is 4.89. The molecule has 2 N–H and O–H groups in total. The minimum atomic E-state index is -4.60. The van der Waals surface area contributed by atoms with E-state index in [-0.39, 0.29) is 12.5 Å². The van der Waals surface area contributed by atoms with Crippen LogP contribution in [0.25, 0.3) is 0 Å². The molecule has 0 aromatic heterocycles. The fraction of sp³-hybridized carbons (Fsp3) is 0.725. The van der Waals surface area contributed by atoms with Gasteiger partial charge in [0.25, 0.3) is 7.82 Å². The second-order valence-electron chi connectivity index (χ2n) is 13.9. The molecule has 8 nitrogen and oxygen atoms in total. The van der Waals surface area contributed by atoms with Gasteiger partial charge in [-0.15, -0.1) is 0 Å². The molecule has 0 aromatic carbocycles. The third-order valence-corrected chi connectivity index (χ3v) is 8.93. The van der Waals surface area contributed by atoms with Gasteiger partial charge in [-0.2, -0.15) is 0 Å². The van der Waals surface area contributed by atoms with Crippen LogP contribution in [-0.4, -0.2) is 68.5 Å². The number of allylic oxidation sites excluding steroid dienone is 9. The number of quaternary nitrogens is 1. The summed E-state index contributed by atoms with van der Waals surface area (Å²) < 4.78 is 23.0. The quantitative estimate of drug-likeness (QED) is 0.0305. The van der Waals surface area contributed by atoms with E-state index < -0.39 is 26.6 Å². The molecule has 0 heterocycles. The van der Waals surface area contributed by atoms with Gasteiger partial charge < -0.3 is 28.8 Å². The van der Waals surface area contributed by atoms with Crippen molar-refractivity contribution < 1.29 is 32.9 Å². The Hall–Kier alpha value is -1.80. The van der Waals surface area contributed by atoms with Gasteiger partial charge in [-0.1, -0.05) is 126 Å². The summed E-state index contributed by atoms with van der Waals surface area (Å²) in [4.78, 5) is 25.1. The Bertz CT molecular complexity index is 986. The van der Waals surface area contributed by atoms with Crippen molar-refractivity contribution in [2.75, 3.05) is 40.9 Å². The van der Waals surface area contributed by atoms with Gasteiger partial charge in [0.05, 0.1) is 39.9 Å². The van der Waals surface area contributed by atoms with Crippen molar-refractivity contribution in [3.8, 4) is 0 Å². The van der Waals surface area contributed by atoms with Crippen molar-refractivity contribution in [2.24, 2.45) is 0 Å². The number of carbonyl (C=O) groups excluding carboxylic acids is 1. The Morgan fingerprint density at radius 2 is 1.27 bits per heavy atom. The maximum Gasteiger partial charge on any atom is 0.268 e. The predicted octanol–water partition coefficient (Wildman–Crippen LogP) is 9.27. The number of likely N-dealkylation sites (N-methyl/N-ethyl adjacent to an activating group) is 1. The predicted molar refractivity (Wildman–Crippen MR) is 205 cm³/mol. The summed E-state index contributed by atoms with van der Waals surface area (Å²) in [6.45, 7) is 4.44. The molecule has 3 unspecified atom stereocenters. The molecule has 1 amide bonds. The number of phosphoric ester groups is 1. The average molecular weight is 709 g/mol. The summed E-state index contributed by atoms with van der Waals surface area (Å²) in [5.74, 6) is -0.241. The normalized spacial score (nSPS) is 15.3. The lowest BCUT2D eigenvalue weighted by Crippen LogP contribution is -2.45. The van der Waals surface area contributed by atoms with E-state index in [1.165, 1.54) is 51.4 Å². The molecule has 9 heteroatoms. The zero-order chi connectivity index (χ0) is 36.5. The van der Waals surface area contributed by atoms with Gasteiger partial charge in [0, 0.05) is 6.42 Å². The SMILES string of the molecule is CC/C=C\C/C=C\C/C=C\CCCCCC(=O)NC(COP(=O)([O-])OCC[N+](C)(C)C)C(O)/C=C/CC/C=C/CCCCCCCCCC. The summed E-state index contributed by atoms with van der Waals surface area (Å²) in [5, 5.41) is 13.7. The summed E-state index contributed by atoms with van der Waals surface area (Å²) in [6.07, 6.45) is 39.8. The summed E-state index contributed by atoms with van der Waals surface area (Å²) >= 11 is 0. The first-order chi connectivity index (χ1) is 23.5. The highest BCUT2D eigenvalue weighted by atomic mass is 31.2. The van der Waals surface area contributed by atoms with Gasteiger partial charge in [0.2, 0.25) is 5.91 Å². The van der Waals surface area contributed by atoms with E-state index in [0.29, 0.717) is 23.9 Å². The van der Waals surface area contributed by atoms with Crippen molar-refractivity contribution in [1.82, 2.24) is 5.32 Å². The Balaban J connectivity index is 4.67. The van der Waals surface area contributed by atoms with Crippen LogP contribution in [0.5, 0.6) is 0 Å². The Labute approximate surface area is 301 Å². The van der Waals surface area contributed by atoms with Crippen LogP contribution >= 0.6 is 7.82 Å². The largest absolute Gasteiger partial charge is 0.756 e. The highest BCUT2D eigenvalue weighted by Gasteiger charge is 2.23. The van der Waals surface area contributed by atoms with Gasteiger partial charge in [-0.05, 0) is 64.2 Å². The van der Waals surface area contributed by atoms with E-state index in [4.69, 9.17) is 9.05 Å². The van der Waals surface area contributed by atoms with E-state index in [9.17, 15) is 19.4 Å². The van der Waals surface area contributed by atoms with Crippen LogP contribution in [0, 0.1) is 0 Å².